The summed E-state index contributed by atoms with van der Waals surface area (Å²) in [4.78, 5) is 7.53. The largest absolute Gasteiger partial charge is 0.378 e. The Morgan fingerprint density at radius 3 is 1.82 bits per heavy atom. The number of nitrogens with zero attached hydrogens (tertiary/aromatic N) is 3. The topological polar surface area (TPSA) is 37.4 Å². The van der Waals surface area contributed by atoms with Crippen molar-refractivity contribution in [3.8, 4) is 0 Å². The Hall–Kier alpha value is -0.240. The zero-order valence-corrected chi connectivity index (χ0v) is 19.3. The van der Waals surface area contributed by atoms with E-state index in [2.05, 4.69) is 56.2 Å². The summed E-state index contributed by atoms with van der Waals surface area (Å²) in [5.41, 5.74) is 0.309. The minimum absolute atomic E-state index is 0.0755. The van der Waals surface area contributed by atoms with E-state index in [9.17, 15) is 0 Å². The summed E-state index contributed by atoms with van der Waals surface area (Å²) in [5.74, 6) is 0. The SMILES string of the molecule is CC(C)(C)CN1CC(OCCN2CCN(CCOCCOC(C)(C)C)CC2)C1. The molecule has 6 heteroatoms. The van der Waals surface area contributed by atoms with Gasteiger partial charge in [0.05, 0.1) is 38.1 Å². The summed E-state index contributed by atoms with van der Waals surface area (Å²) in [6, 6.07) is 0. The maximum atomic E-state index is 6.05. The zero-order valence-electron chi connectivity index (χ0n) is 19.3. The Labute approximate surface area is 173 Å². The third-order valence-electron chi connectivity index (χ3n) is 5.16. The van der Waals surface area contributed by atoms with Crippen molar-refractivity contribution < 1.29 is 14.2 Å². The van der Waals surface area contributed by atoms with E-state index in [-0.39, 0.29) is 5.60 Å². The highest BCUT2D eigenvalue weighted by atomic mass is 16.5. The molecule has 2 heterocycles. The molecule has 0 aliphatic carbocycles. The van der Waals surface area contributed by atoms with Gasteiger partial charge in [-0.05, 0) is 26.2 Å². The molecular formula is C22H45N3O3. The lowest BCUT2D eigenvalue weighted by molar-refractivity contribution is -0.0702. The van der Waals surface area contributed by atoms with Gasteiger partial charge in [-0.1, -0.05) is 20.8 Å². The van der Waals surface area contributed by atoms with Crippen LogP contribution in [0.2, 0.25) is 0 Å². The van der Waals surface area contributed by atoms with Crippen molar-refractivity contribution in [2.45, 2.75) is 53.2 Å². The van der Waals surface area contributed by atoms with Crippen LogP contribution < -0.4 is 0 Å². The lowest BCUT2D eigenvalue weighted by Gasteiger charge is -2.42. The Bertz CT molecular complexity index is 420. The third kappa shape index (κ3) is 10.5. The maximum Gasteiger partial charge on any atom is 0.0829 e. The van der Waals surface area contributed by atoms with Gasteiger partial charge in [0.15, 0.2) is 0 Å². The molecule has 28 heavy (non-hydrogen) atoms. The molecule has 0 radical (unpaired) electrons. The summed E-state index contributed by atoms with van der Waals surface area (Å²) in [6.45, 7) is 26.1. The van der Waals surface area contributed by atoms with E-state index >= 15 is 0 Å². The second-order valence-electron chi connectivity index (χ2n) is 10.5. The molecule has 166 valence electrons. The summed E-state index contributed by atoms with van der Waals surface area (Å²) in [6.07, 6.45) is 0.447. The van der Waals surface area contributed by atoms with Gasteiger partial charge in [-0.2, -0.15) is 0 Å². The second kappa shape index (κ2) is 11.2. The van der Waals surface area contributed by atoms with Gasteiger partial charge >= 0.3 is 0 Å². The average Bonchev–Trinajstić information content (AvgIpc) is 2.55. The van der Waals surface area contributed by atoms with Crippen molar-refractivity contribution in [1.29, 1.82) is 0 Å². The van der Waals surface area contributed by atoms with Crippen molar-refractivity contribution >= 4 is 0 Å². The van der Waals surface area contributed by atoms with Crippen LogP contribution in [0.4, 0.5) is 0 Å². The highest BCUT2D eigenvalue weighted by Gasteiger charge is 2.30. The van der Waals surface area contributed by atoms with Crippen LogP contribution in [-0.4, -0.2) is 112 Å². The Morgan fingerprint density at radius 1 is 0.714 bits per heavy atom. The second-order valence-corrected chi connectivity index (χ2v) is 10.5. The van der Waals surface area contributed by atoms with Gasteiger partial charge in [0.25, 0.3) is 0 Å². The molecule has 2 aliphatic heterocycles. The van der Waals surface area contributed by atoms with Crippen LogP contribution in [0.1, 0.15) is 41.5 Å². The van der Waals surface area contributed by atoms with Gasteiger partial charge in [0.1, 0.15) is 0 Å². The molecule has 0 bridgehead atoms. The molecule has 2 saturated heterocycles. The average molecular weight is 400 g/mol. The van der Waals surface area contributed by atoms with E-state index in [1.807, 2.05) is 0 Å². The summed E-state index contributed by atoms with van der Waals surface area (Å²) >= 11 is 0. The van der Waals surface area contributed by atoms with E-state index in [0.29, 0.717) is 24.7 Å². The van der Waals surface area contributed by atoms with Crippen LogP contribution in [0.3, 0.4) is 0 Å². The van der Waals surface area contributed by atoms with Crippen LogP contribution in [0, 0.1) is 5.41 Å². The molecule has 0 atom stereocenters. The molecule has 0 aromatic rings. The first-order chi connectivity index (χ1) is 13.1. The van der Waals surface area contributed by atoms with E-state index in [1.54, 1.807) is 0 Å². The summed E-state index contributed by atoms with van der Waals surface area (Å²) < 4.78 is 17.4. The summed E-state index contributed by atoms with van der Waals surface area (Å²) in [5, 5.41) is 0. The monoisotopic (exact) mass is 399 g/mol. The van der Waals surface area contributed by atoms with Crippen LogP contribution in [0.25, 0.3) is 0 Å². The minimum atomic E-state index is -0.0755. The van der Waals surface area contributed by atoms with Gasteiger partial charge < -0.3 is 14.2 Å². The van der Waals surface area contributed by atoms with Crippen molar-refractivity contribution in [3.05, 3.63) is 0 Å². The fourth-order valence-corrected chi connectivity index (χ4v) is 3.72. The molecule has 0 amide bonds. The van der Waals surface area contributed by atoms with Crippen molar-refractivity contribution in [3.63, 3.8) is 0 Å². The van der Waals surface area contributed by atoms with Gasteiger partial charge in [-0.15, -0.1) is 0 Å². The first-order valence-corrected chi connectivity index (χ1v) is 11.1. The standard InChI is InChI=1S/C22H45N3O3/c1-21(2,3)19-25-17-20(18-25)27-14-12-24-9-7-23(8-10-24)11-13-26-15-16-28-22(4,5)6/h20H,7-19H2,1-6H3. The smallest absolute Gasteiger partial charge is 0.0829 e. The molecule has 0 unspecified atom stereocenters. The molecule has 0 spiro atoms. The van der Waals surface area contributed by atoms with Crippen LogP contribution in [0.5, 0.6) is 0 Å². The summed E-state index contributed by atoms with van der Waals surface area (Å²) in [7, 11) is 0. The number of piperazine rings is 1. The maximum absolute atomic E-state index is 6.05. The number of ether oxygens (including phenoxy) is 3. The molecule has 0 saturated carbocycles. The molecular weight excluding hydrogens is 354 g/mol. The molecule has 0 aromatic carbocycles. The van der Waals surface area contributed by atoms with Crippen molar-refractivity contribution in [1.82, 2.24) is 14.7 Å². The molecule has 2 aliphatic rings. The first kappa shape index (κ1) is 24.0. The number of hydrogen-bond donors (Lipinski definition) is 0. The fourth-order valence-electron chi connectivity index (χ4n) is 3.72. The van der Waals surface area contributed by atoms with E-state index in [4.69, 9.17) is 14.2 Å². The molecule has 6 nitrogen and oxygen atoms in total. The van der Waals surface area contributed by atoms with Crippen LogP contribution in [-0.2, 0) is 14.2 Å². The molecule has 2 fully saturated rings. The lowest BCUT2D eigenvalue weighted by atomic mass is 9.94. The van der Waals surface area contributed by atoms with Gasteiger partial charge in [-0.25, -0.2) is 0 Å². The molecule has 2 rings (SSSR count). The third-order valence-corrected chi connectivity index (χ3v) is 5.16. The Kier molecular flexibility index (Phi) is 9.64. The highest BCUT2D eigenvalue weighted by molar-refractivity contribution is 4.84. The fraction of sp³-hybridized carbons (Fsp3) is 1.00. The molecule has 0 N–H and O–H groups in total. The zero-order chi connectivity index (χ0) is 20.6. The van der Waals surface area contributed by atoms with Crippen molar-refractivity contribution in [2.75, 3.05) is 85.3 Å². The highest BCUT2D eigenvalue weighted by Crippen LogP contribution is 2.20. The number of hydrogen-bond acceptors (Lipinski definition) is 6. The van der Waals surface area contributed by atoms with E-state index < -0.39 is 0 Å². The van der Waals surface area contributed by atoms with E-state index in [0.717, 1.165) is 65.6 Å². The predicted molar refractivity (Wildman–Crippen MR) is 115 cm³/mol. The van der Waals surface area contributed by atoms with Gasteiger partial charge in [0, 0.05) is 58.9 Å². The normalized spacial score (nSPS) is 21.2. The quantitative estimate of drug-likeness (QED) is 0.496. The van der Waals surface area contributed by atoms with Gasteiger partial charge in [-0.3, -0.25) is 14.7 Å². The minimum Gasteiger partial charge on any atom is -0.378 e. The Balaban J connectivity index is 1.41. The first-order valence-electron chi connectivity index (χ1n) is 11.1. The van der Waals surface area contributed by atoms with Crippen molar-refractivity contribution in [2.24, 2.45) is 5.41 Å². The predicted octanol–water partition coefficient (Wildman–Crippen LogP) is 2.18. The lowest BCUT2D eigenvalue weighted by Crippen LogP contribution is -2.55. The number of rotatable bonds is 11. The number of likely N-dealkylation sites (tertiary alicyclic amines) is 1. The Morgan fingerprint density at radius 2 is 1.29 bits per heavy atom. The van der Waals surface area contributed by atoms with Crippen LogP contribution >= 0.6 is 0 Å². The van der Waals surface area contributed by atoms with Crippen LogP contribution in [0.15, 0.2) is 0 Å². The van der Waals surface area contributed by atoms with Gasteiger partial charge in [0.2, 0.25) is 0 Å². The van der Waals surface area contributed by atoms with E-state index in [1.165, 1.54) is 6.54 Å². The molecule has 0 aromatic heterocycles.